The standard InChI is InChI=1S/C12H11FN4S/c1-7-2-3-8(13)9(4-7)17-11-6-15-10(5-16-11)12(14)18/h2-6H,1H3,(H2,14,18)(H,16,17). The van der Waals surface area contributed by atoms with Gasteiger partial charge in [-0.25, -0.2) is 14.4 Å². The summed E-state index contributed by atoms with van der Waals surface area (Å²) in [6.45, 7) is 1.88. The topological polar surface area (TPSA) is 63.8 Å². The van der Waals surface area contributed by atoms with Crippen molar-refractivity contribution < 1.29 is 4.39 Å². The van der Waals surface area contributed by atoms with Gasteiger partial charge < -0.3 is 11.1 Å². The molecule has 0 aliphatic rings. The van der Waals surface area contributed by atoms with Gasteiger partial charge in [-0.2, -0.15) is 0 Å². The van der Waals surface area contributed by atoms with E-state index in [0.717, 1.165) is 5.56 Å². The first-order valence-electron chi connectivity index (χ1n) is 5.21. The van der Waals surface area contributed by atoms with Gasteiger partial charge in [-0.05, 0) is 24.6 Å². The fourth-order valence-electron chi connectivity index (χ4n) is 1.39. The Kier molecular flexibility index (Phi) is 3.47. The minimum Gasteiger partial charge on any atom is -0.388 e. The Morgan fingerprint density at radius 3 is 2.72 bits per heavy atom. The van der Waals surface area contributed by atoms with Gasteiger partial charge >= 0.3 is 0 Å². The number of aryl methyl sites for hydroxylation is 1. The van der Waals surface area contributed by atoms with Crippen molar-refractivity contribution in [1.29, 1.82) is 0 Å². The average Bonchev–Trinajstić information content (AvgIpc) is 2.34. The lowest BCUT2D eigenvalue weighted by Crippen LogP contribution is -2.12. The van der Waals surface area contributed by atoms with Crippen LogP contribution >= 0.6 is 12.2 Å². The van der Waals surface area contributed by atoms with Gasteiger partial charge in [0.2, 0.25) is 0 Å². The molecule has 2 aromatic rings. The van der Waals surface area contributed by atoms with Gasteiger partial charge in [0.05, 0.1) is 18.1 Å². The van der Waals surface area contributed by atoms with Crippen molar-refractivity contribution in [2.75, 3.05) is 5.32 Å². The zero-order valence-electron chi connectivity index (χ0n) is 9.64. The minimum atomic E-state index is -0.346. The van der Waals surface area contributed by atoms with Crippen LogP contribution in [0.25, 0.3) is 0 Å². The molecule has 92 valence electrons. The lowest BCUT2D eigenvalue weighted by molar-refractivity contribution is 0.631. The number of aromatic nitrogens is 2. The molecule has 2 rings (SSSR count). The van der Waals surface area contributed by atoms with Crippen molar-refractivity contribution in [3.05, 3.63) is 47.7 Å². The number of halogens is 1. The number of nitrogens with one attached hydrogen (secondary N) is 1. The summed E-state index contributed by atoms with van der Waals surface area (Å²) in [4.78, 5) is 8.25. The largest absolute Gasteiger partial charge is 0.388 e. The molecular weight excluding hydrogens is 251 g/mol. The number of rotatable bonds is 3. The number of anilines is 2. The predicted molar refractivity (Wildman–Crippen MR) is 72.3 cm³/mol. The number of nitrogens with zero attached hydrogens (tertiary/aromatic N) is 2. The molecule has 0 aliphatic heterocycles. The molecule has 1 heterocycles. The quantitative estimate of drug-likeness (QED) is 0.831. The molecule has 0 aliphatic carbocycles. The molecular formula is C12H11FN4S. The Hall–Kier alpha value is -2.08. The van der Waals surface area contributed by atoms with Crippen molar-refractivity contribution in [2.45, 2.75) is 6.92 Å². The van der Waals surface area contributed by atoms with Crippen molar-refractivity contribution in [3.63, 3.8) is 0 Å². The molecule has 4 nitrogen and oxygen atoms in total. The summed E-state index contributed by atoms with van der Waals surface area (Å²) in [6.07, 6.45) is 2.90. The van der Waals surface area contributed by atoms with E-state index in [1.54, 1.807) is 12.1 Å². The number of hydrogen-bond donors (Lipinski definition) is 2. The third-order valence-electron chi connectivity index (χ3n) is 2.29. The molecule has 0 saturated heterocycles. The number of thiocarbonyl (C=S) groups is 1. The molecule has 1 aromatic carbocycles. The molecule has 18 heavy (non-hydrogen) atoms. The van der Waals surface area contributed by atoms with Crippen LogP contribution in [0.5, 0.6) is 0 Å². The van der Waals surface area contributed by atoms with Crippen LogP contribution in [-0.4, -0.2) is 15.0 Å². The molecule has 0 atom stereocenters. The zero-order chi connectivity index (χ0) is 13.1. The summed E-state index contributed by atoms with van der Waals surface area (Å²) >= 11 is 4.77. The van der Waals surface area contributed by atoms with Gasteiger partial charge in [0.25, 0.3) is 0 Å². The normalized spacial score (nSPS) is 10.1. The Labute approximate surface area is 109 Å². The van der Waals surface area contributed by atoms with Crippen molar-refractivity contribution in [3.8, 4) is 0 Å². The van der Waals surface area contributed by atoms with Crippen LogP contribution in [0.2, 0.25) is 0 Å². The highest BCUT2D eigenvalue weighted by Gasteiger charge is 2.04. The maximum atomic E-state index is 13.5. The molecule has 6 heteroatoms. The van der Waals surface area contributed by atoms with Gasteiger partial charge in [0.15, 0.2) is 0 Å². The van der Waals surface area contributed by atoms with Gasteiger partial charge in [0.1, 0.15) is 22.3 Å². The summed E-state index contributed by atoms with van der Waals surface area (Å²) < 4.78 is 13.5. The van der Waals surface area contributed by atoms with Crippen LogP contribution in [-0.2, 0) is 0 Å². The lowest BCUT2D eigenvalue weighted by atomic mass is 10.2. The van der Waals surface area contributed by atoms with Crippen LogP contribution in [0.4, 0.5) is 15.9 Å². The molecule has 0 bridgehead atoms. The second-order valence-electron chi connectivity index (χ2n) is 3.76. The summed E-state index contributed by atoms with van der Waals surface area (Å²) in [7, 11) is 0. The Morgan fingerprint density at radius 1 is 1.33 bits per heavy atom. The lowest BCUT2D eigenvalue weighted by Gasteiger charge is -2.07. The number of nitrogens with two attached hydrogens (primary N) is 1. The van der Waals surface area contributed by atoms with Crippen molar-refractivity contribution in [1.82, 2.24) is 9.97 Å². The predicted octanol–water partition coefficient (Wildman–Crippen LogP) is 2.30. The maximum Gasteiger partial charge on any atom is 0.148 e. The smallest absolute Gasteiger partial charge is 0.148 e. The highest BCUT2D eigenvalue weighted by atomic mass is 32.1. The monoisotopic (exact) mass is 262 g/mol. The number of hydrogen-bond acceptors (Lipinski definition) is 4. The van der Waals surface area contributed by atoms with E-state index in [2.05, 4.69) is 15.3 Å². The van der Waals surface area contributed by atoms with Gasteiger partial charge in [-0.3, -0.25) is 0 Å². The average molecular weight is 262 g/mol. The van der Waals surface area contributed by atoms with Crippen LogP contribution in [0.1, 0.15) is 11.3 Å². The van der Waals surface area contributed by atoms with Crippen molar-refractivity contribution >= 4 is 28.7 Å². The second kappa shape index (κ2) is 5.05. The molecule has 0 spiro atoms. The third-order valence-corrected chi connectivity index (χ3v) is 2.50. The third kappa shape index (κ3) is 2.78. The van der Waals surface area contributed by atoms with E-state index in [0.29, 0.717) is 17.2 Å². The minimum absolute atomic E-state index is 0.177. The molecule has 0 fully saturated rings. The fourth-order valence-corrected chi connectivity index (χ4v) is 1.50. The van der Waals surface area contributed by atoms with Gasteiger partial charge in [-0.15, -0.1) is 0 Å². The number of benzene rings is 1. The Morgan fingerprint density at radius 2 is 2.11 bits per heavy atom. The van der Waals surface area contributed by atoms with Crippen LogP contribution in [0.15, 0.2) is 30.6 Å². The SMILES string of the molecule is Cc1ccc(F)c(Nc2cnc(C(N)=S)cn2)c1. The first kappa shape index (κ1) is 12.4. The molecule has 0 saturated carbocycles. The van der Waals surface area contributed by atoms with E-state index < -0.39 is 0 Å². The van der Waals surface area contributed by atoms with Gasteiger partial charge in [-0.1, -0.05) is 18.3 Å². The fraction of sp³-hybridized carbons (Fsp3) is 0.0833. The second-order valence-corrected chi connectivity index (χ2v) is 4.20. The first-order chi connectivity index (χ1) is 8.56. The van der Waals surface area contributed by atoms with E-state index in [1.807, 2.05) is 6.92 Å². The zero-order valence-corrected chi connectivity index (χ0v) is 10.5. The summed E-state index contributed by atoms with van der Waals surface area (Å²) in [5, 5.41) is 2.85. The van der Waals surface area contributed by atoms with Crippen LogP contribution in [0, 0.1) is 12.7 Å². The summed E-state index contributed by atoms with van der Waals surface area (Å²) in [6, 6.07) is 4.79. The molecule has 0 unspecified atom stereocenters. The Balaban J connectivity index is 2.23. The molecule has 0 radical (unpaired) electrons. The Bertz CT molecular complexity index is 583. The van der Waals surface area contributed by atoms with Crippen LogP contribution in [0.3, 0.4) is 0 Å². The van der Waals surface area contributed by atoms with E-state index in [4.69, 9.17) is 18.0 Å². The molecule has 0 amide bonds. The highest BCUT2D eigenvalue weighted by Crippen LogP contribution is 2.19. The summed E-state index contributed by atoms with van der Waals surface area (Å²) in [5.74, 6) is 0.0836. The highest BCUT2D eigenvalue weighted by molar-refractivity contribution is 7.80. The van der Waals surface area contributed by atoms with Gasteiger partial charge in [0, 0.05) is 0 Å². The maximum absolute atomic E-state index is 13.5. The van der Waals surface area contributed by atoms with E-state index in [9.17, 15) is 4.39 Å². The summed E-state index contributed by atoms with van der Waals surface area (Å²) in [5.41, 5.74) is 7.14. The van der Waals surface area contributed by atoms with Crippen molar-refractivity contribution in [2.24, 2.45) is 5.73 Å². The van der Waals surface area contributed by atoms with E-state index in [-0.39, 0.29) is 10.8 Å². The van der Waals surface area contributed by atoms with E-state index >= 15 is 0 Å². The van der Waals surface area contributed by atoms with Crippen LogP contribution < -0.4 is 11.1 Å². The first-order valence-corrected chi connectivity index (χ1v) is 5.62. The molecule has 1 aromatic heterocycles. The molecule has 3 N–H and O–H groups in total. The van der Waals surface area contributed by atoms with E-state index in [1.165, 1.54) is 18.5 Å².